The van der Waals surface area contributed by atoms with Gasteiger partial charge in [0, 0.05) is 16.3 Å². The fourth-order valence-electron chi connectivity index (χ4n) is 3.54. The molecule has 1 aromatic carbocycles. The first-order valence-corrected chi connectivity index (χ1v) is 10.9. The molecule has 1 unspecified atom stereocenters. The second-order valence-electron chi connectivity index (χ2n) is 6.64. The molecule has 0 aliphatic carbocycles. The third-order valence-electron chi connectivity index (χ3n) is 4.78. The van der Waals surface area contributed by atoms with Crippen molar-refractivity contribution in [1.82, 2.24) is 15.5 Å². The molecule has 2 aromatic heterocycles. The van der Waals surface area contributed by atoms with Crippen molar-refractivity contribution >= 4 is 34.6 Å². The van der Waals surface area contributed by atoms with Gasteiger partial charge in [0.2, 0.25) is 5.91 Å². The van der Waals surface area contributed by atoms with E-state index in [1.165, 1.54) is 10.4 Å². The van der Waals surface area contributed by atoms with E-state index in [2.05, 4.69) is 39.1 Å². The molecule has 0 fully saturated rings. The molecule has 1 atom stereocenters. The Labute approximate surface area is 172 Å². The lowest BCUT2D eigenvalue weighted by molar-refractivity contribution is -0.121. The van der Waals surface area contributed by atoms with Gasteiger partial charge in [-0.2, -0.15) is 0 Å². The van der Waals surface area contributed by atoms with E-state index in [0.29, 0.717) is 6.54 Å². The molecule has 144 valence electrons. The van der Waals surface area contributed by atoms with Gasteiger partial charge in [-0.05, 0) is 40.4 Å². The molecule has 0 bridgehead atoms. The summed E-state index contributed by atoms with van der Waals surface area (Å²) in [4.78, 5) is 29.1. The number of nitrogens with one attached hydrogen (secondary N) is 2. The molecular weight excluding hydrogens is 390 g/mol. The Morgan fingerprint density at radius 1 is 1.04 bits per heavy atom. The van der Waals surface area contributed by atoms with Crippen LogP contribution >= 0.6 is 22.7 Å². The van der Waals surface area contributed by atoms with Gasteiger partial charge < -0.3 is 5.32 Å². The van der Waals surface area contributed by atoms with Gasteiger partial charge in [-0.1, -0.05) is 36.4 Å². The number of urea groups is 1. The number of thiophene rings is 2. The number of carbonyl (C=O) groups is 2. The molecule has 0 saturated heterocycles. The monoisotopic (exact) mass is 411 g/mol. The van der Waals surface area contributed by atoms with Crippen molar-refractivity contribution in [3.8, 4) is 0 Å². The molecule has 1 aliphatic rings. The van der Waals surface area contributed by atoms with Gasteiger partial charge in [-0.3, -0.25) is 15.0 Å². The van der Waals surface area contributed by atoms with Gasteiger partial charge in [0.1, 0.15) is 0 Å². The number of rotatable bonds is 5. The maximum absolute atomic E-state index is 12.5. The number of benzene rings is 1. The van der Waals surface area contributed by atoms with Gasteiger partial charge in [0.25, 0.3) is 0 Å². The first-order valence-electron chi connectivity index (χ1n) is 9.16. The summed E-state index contributed by atoms with van der Waals surface area (Å²) < 4.78 is 0. The third-order valence-corrected chi connectivity index (χ3v) is 6.66. The average molecular weight is 412 g/mol. The zero-order valence-corrected chi connectivity index (χ0v) is 16.9. The summed E-state index contributed by atoms with van der Waals surface area (Å²) in [7, 11) is 0. The normalized spacial score (nSPS) is 16.4. The lowest BCUT2D eigenvalue weighted by atomic mass is 9.93. The average Bonchev–Trinajstić information content (AvgIpc) is 3.38. The number of amides is 3. The predicted molar refractivity (Wildman–Crippen MR) is 113 cm³/mol. The number of nitrogens with zero attached hydrogens (tertiary/aromatic N) is 1. The smallest absolute Gasteiger partial charge is 0.321 e. The highest BCUT2D eigenvalue weighted by Crippen LogP contribution is 2.37. The summed E-state index contributed by atoms with van der Waals surface area (Å²) in [6.45, 7) is 1.39. The van der Waals surface area contributed by atoms with Crippen LogP contribution in [-0.2, 0) is 17.8 Å². The first kappa shape index (κ1) is 18.9. The molecule has 7 heteroatoms. The minimum atomic E-state index is -0.456. The van der Waals surface area contributed by atoms with Crippen molar-refractivity contribution in [1.29, 1.82) is 0 Å². The van der Waals surface area contributed by atoms with Gasteiger partial charge in [0.15, 0.2) is 0 Å². The Balaban J connectivity index is 1.41. The maximum atomic E-state index is 12.5. The Hall–Kier alpha value is -2.48. The zero-order chi connectivity index (χ0) is 19.3. The second-order valence-corrected chi connectivity index (χ2v) is 8.68. The largest absolute Gasteiger partial charge is 0.333 e. The quantitative estimate of drug-likeness (QED) is 0.672. The summed E-state index contributed by atoms with van der Waals surface area (Å²) in [6, 6.07) is 15.8. The van der Waals surface area contributed by atoms with Crippen LogP contribution in [0.2, 0.25) is 0 Å². The van der Waals surface area contributed by atoms with Crippen molar-refractivity contribution in [3.63, 3.8) is 0 Å². The van der Waals surface area contributed by atoms with Crippen LogP contribution in [0.1, 0.15) is 26.9 Å². The van der Waals surface area contributed by atoms with Crippen LogP contribution in [-0.4, -0.2) is 29.9 Å². The Bertz CT molecular complexity index is 938. The summed E-state index contributed by atoms with van der Waals surface area (Å²) in [5.74, 6) is -0.289. The SMILES string of the molecule is O=C(CN1CCc2sccc2C1c1ccccc1)NC(=O)NCc1cccs1. The van der Waals surface area contributed by atoms with Crippen LogP contribution in [0.4, 0.5) is 4.79 Å². The topological polar surface area (TPSA) is 61.4 Å². The Morgan fingerprint density at radius 3 is 2.68 bits per heavy atom. The van der Waals surface area contributed by atoms with E-state index in [0.717, 1.165) is 23.4 Å². The third kappa shape index (κ3) is 4.32. The van der Waals surface area contributed by atoms with Crippen LogP contribution in [0, 0.1) is 0 Å². The van der Waals surface area contributed by atoms with Crippen LogP contribution in [0.25, 0.3) is 0 Å². The minimum absolute atomic E-state index is 0.0381. The predicted octanol–water partition coefficient (Wildman–Crippen LogP) is 3.78. The molecule has 3 heterocycles. The number of hydrogen-bond donors (Lipinski definition) is 2. The number of carbonyl (C=O) groups excluding carboxylic acids is 2. The summed E-state index contributed by atoms with van der Waals surface area (Å²) in [5.41, 5.74) is 2.43. The standard InChI is InChI=1S/C21H21N3O2S2/c25-19(23-21(26)22-13-16-7-4-11-27-16)14-24-10-8-18-17(9-12-28-18)20(24)15-5-2-1-3-6-15/h1-7,9,11-12,20H,8,10,13-14H2,(H2,22,23,25,26). The molecule has 0 radical (unpaired) electrons. The van der Waals surface area contributed by atoms with E-state index in [4.69, 9.17) is 0 Å². The number of hydrogen-bond acceptors (Lipinski definition) is 5. The minimum Gasteiger partial charge on any atom is -0.333 e. The Kier molecular flexibility index (Phi) is 5.85. The molecular formula is C21H21N3O2S2. The summed E-state index contributed by atoms with van der Waals surface area (Å²) >= 11 is 3.34. The van der Waals surface area contributed by atoms with Gasteiger partial charge in [0.05, 0.1) is 19.1 Å². The van der Waals surface area contributed by atoms with E-state index in [9.17, 15) is 9.59 Å². The van der Waals surface area contributed by atoms with Gasteiger partial charge in [-0.25, -0.2) is 4.79 Å². The molecule has 4 rings (SSSR count). The molecule has 28 heavy (non-hydrogen) atoms. The van der Waals surface area contributed by atoms with Crippen molar-refractivity contribution in [3.05, 3.63) is 80.2 Å². The molecule has 5 nitrogen and oxygen atoms in total. The van der Waals surface area contributed by atoms with Crippen molar-refractivity contribution < 1.29 is 9.59 Å². The molecule has 2 N–H and O–H groups in total. The summed E-state index contributed by atoms with van der Waals surface area (Å²) in [6.07, 6.45) is 0.925. The van der Waals surface area contributed by atoms with E-state index in [1.54, 1.807) is 22.7 Å². The molecule has 3 amide bonds. The molecule has 0 spiro atoms. The summed E-state index contributed by atoms with van der Waals surface area (Å²) in [5, 5.41) is 9.26. The second kappa shape index (κ2) is 8.68. The maximum Gasteiger partial charge on any atom is 0.321 e. The van der Waals surface area contributed by atoms with Crippen molar-refractivity contribution in [2.75, 3.05) is 13.1 Å². The highest BCUT2D eigenvalue weighted by molar-refractivity contribution is 7.10. The van der Waals surface area contributed by atoms with Crippen LogP contribution in [0.15, 0.2) is 59.3 Å². The van der Waals surface area contributed by atoms with E-state index in [-0.39, 0.29) is 18.5 Å². The van der Waals surface area contributed by atoms with E-state index >= 15 is 0 Å². The van der Waals surface area contributed by atoms with Crippen molar-refractivity contribution in [2.24, 2.45) is 0 Å². The van der Waals surface area contributed by atoms with Gasteiger partial charge >= 0.3 is 6.03 Å². The fraction of sp³-hybridized carbons (Fsp3) is 0.238. The van der Waals surface area contributed by atoms with Crippen LogP contribution < -0.4 is 10.6 Å². The fourth-order valence-corrected chi connectivity index (χ4v) is 5.09. The van der Waals surface area contributed by atoms with E-state index < -0.39 is 6.03 Å². The zero-order valence-electron chi connectivity index (χ0n) is 15.3. The molecule has 1 aliphatic heterocycles. The van der Waals surface area contributed by atoms with E-state index in [1.807, 2.05) is 35.7 Å². The van der Waals surface area contributed by atoms with Gasteiger partial charge in [-0.15, -0.1) is 22.7 Å². The first-order chi connectivity index (χ1) is 13.7. The van der Waals surface area contributed by atoms with Crippen LogP contribution in [0.5, 0.6) is 0 Å². The lowest BCUT2D eigenvalue weighted by Crippen LogP contribution is -2.46. The highest BCUT2D eigenvalue weighted by atomic mass is 32.1. The number of fused-ring (bicyclic) bond motifs is 1. The number of imide groups is 1. The molecule has 0 saturated carbocycles. The Morgan fingerprint density at radius 2 is 1.89 bits per heavy atom. The highest BCUT2D eigenvalue weighted by Gasteiger charge is 2.30. The van der Waals surface area contributed by atoms with Crippen molar-refractivity contribution in [2.45, 2.75) is 19.0 Å². The lowest BCUT2D eigenvalue weighted by Gasteiger charge is -2.35. The molecule has 3 aromatic rings. The van der Waals surface area contributed by atoms with Crippen LogP contribution in [0.3, 0.4) is 0 Å².